The number of anilines is 4. The topological polar surface area (TPSA) is 148 Å². The number of ether oxygens (including phenoxy) is 1. The van der Waals surface area contributed by atoms with Crippen molar-refractivity contribution in [2.45, 2.75) is 42.5 Å². The highest BCUT2D eigenvalue weighted by molar-refractivity contribution is 7.92. The van der Waals surface area contributed by atoms with Crippen LogP contribution >= 0.6 is 11.6 Å². The molecule has 1 aliphatic carbocycles. The Morgan fingerprint density at radius 2 is 1.70 bits per heavy atom. The van der Waals surface area contributed by atoms with Gasteiger partial charge in [-0.3, -0.25) is 9.52 Å². The van der Waals surface area contributed by atoms with Crippen LogP contribution < -0.4 is 25.8 Å². The average Bonchev–Trinajstić information content (AvgIpc) is 3.35. The maximum absolute atomic E-state index is 13.5. The van der Waals surface area contributed by atoms with Gasteiger partial charge in [0.25, 0.3) is 10.0 Å². The van der Waals surface area contributed by atoms with Gasteiger partial charge < -0.3 is 21.1 Å². The quantitative estimate of drug-likeness (QED) is 0.205. The molecule has 0 spiro atoms. The van der Waals surface area contributed by atoms with Gasteiger partial charge in [-0.15, -0.1) is 0 Å². The van der Waals surface area contributed by atoms with Gasteiger partial charge in [-0.2, -0.15) is 0 Å². The van der Waals surface area contributed by atoms with Gasteiger partial charge in [0, 0.05) is 23.7 Å². The molecule has 1 amide bonds. The van der Waals surface area contributed by atoms with Gasteiger partial charge in [0.1, 0.15) is 5.75 Å². The number of para-hydroxylation sites is 2. The van der Waals surface area contributed by atoms with Gasteiger partial charge in [0.2, 0.25) is 5.91 Å². The molecule has 0 aliphatic heterocycles. The van der Waals surface area contributed by atoms with Crippen LogP contribution in [0.5, 0.6) is 5.75 Å². The van der Waals surface area contributed by atoms with Gasteiger partial charge in [0.05, 0.1) is 33.7 Å². The Balaban J connectivity index is 1.43. The third-order valence-electron chi connectivity index (χ3n) is 6.77. The van der Waals surface area contributed by atoms with Crippen LogP contribution in [0.3, 0.4) is 0 Å². The van der Waals surface area contributed by atoms with Crippen molar-refractivity contribution in [2.24, 2.45) is 5.73 Å². The fraction of sp³-hybridized carbons (Fsp3) is 0.250. The van der Waals surface area contributed by atoms with Crippen molar-refractivity contribution < 1.29 is 17.9 Å². The van der Waals surface area contributed by atoms with E-state index >= 15 is 0 Å². The second-order valence-corrected chi connectivity index (χ2v) is 11.9. The van der Waals surface area contributed by atoms with E-state index in [0.717, 1.165) is 25.7 Å². The average molecular weight is 581 g/mol. The lowest BCUT2D eigenvalue weighted by Crippen LogP contribution is -2.40. The van der Waals surface area contributed by atoms with E-state index in [1.54, 1.807) is 48.5 Å². The van der Waals surface area contributed by atoms with Crippen molar-refractivity contribution in [1.82, 2.24) is 9.97 Å². The molecule has 1 aromatic heterocycles. The zero-order chi connectivity index (χ0) is 28.3. The lowest BCUT2D eigenvalue weighted by atomic mass is 9.94. The van der Waals surface area contributed by atoms with Gasteiger partial charge in [0.15, 0.2) is 11.6 Å². The van der Waals surface area contributed by atoms with Crippen LogP contribution in [-0.4, -0.2) is 36.9 Å². The molecule has 10 nitrogen and oxygen atoms in total. The fourth-order valence-corrected chi connectivity index (χ4v) is 5.94. The van der Waals surface area contributed by atoms with Gasteiger partial charge in [-0.25, -0.2) is 18.4 Å². The van der Waals surface area contributed by atoms with Crippen molar-refractivity contribution in [3.63, 3.8) is 0 Å². The number of benzene rings is 3. The van der Waals surface area contributed by atoms with Crippen molar-refractivity contribution in [3.05, 3.63) is 71.8 Å². The highest BCUT2D eigenvalue weighted by Gasteiger charge is 2.31. The van der Waals surface area contributed by atoms with E-state index in [1.807, 2.05) is 6.07 Å². The van der Waals surface area contributed by atoms with Crippen LogP contribution in [0.1, 0.15) is 32.1 Å². The Kier molecular flexibility index (Phi) is 7.79. The summed E-state index contributed by atoms with van der Waals surface area (Å²) in [6.45, 7) is 0. The first kappa shape index (κ1) is 27.6. The second kappa shape index (κ2) is 11.3. The number of hydrogen-bond acceptors (Lipinski definition) is 8. The summed E-state index contributed by atoms with van der Waals surface area (Å²) in [5.74, 6) is 0.411. The molecule has 5 N–H and O–H groups in total. The molecule has 1 fully saturated rings. The molecule has 208 valence electrons. The molecule has 1 heterocycles. The molecule has 0 radical (unpaired) electrons. The molecule has 0 saturated heterocycles. The van der Waals surface area contributed by atoms with Crippen molar-refractivity contribution in [2.75, 3.05) is 22.5 Å². The van der Waals surface area contributed by atoms with E-state index in [4.69, 9.17) is 22.1 Å². The number of hydrogen-bond donors (Lipinski definition) is 4. The van der Waals surface area contributed by atoms with Crippen LogP contribution in [-0.2, 0) is 14.8 Å². The zero-order valence-electron chi connectivity index (χ0n) is 21.8. The molecular formula is C28H29ClN6O4S. The minimum Gasteiger partial charge on any atom is -0.497 e. The maximum Gasteiger partial charge on any atom is 0.263 e. The largest absolute Gasteiger partial charge is 0.497 e. The molecule has 1 aliphatic rings. The highest BCUT2D eigenvalue weighted by Crippen LogP contribution is 2.33. The Hall–Kier alpha value is -3.93. The molecular weight excluding hydrogens is 552 g/mol. The molecule has 12 heteroatoms. The molecule has 0 unspecified atom stereocenters. The summed E-state index contributed by atoms with van der Waals surface area (Å²) in [6, 6.07) is 18.1. The first-order chi connectivity index (χ1) is 19.1. The molecule has 40 heavy (non-hydrogen) atoms. The van der Waals surface area contributed by atoms with E-state index in [0.29, 0.717) is 33.2 Å². The monoisotopic (exact) mass is 580 g/mol. The molecule has 0 atom stereocenters. The van der Waals surface area contributed by atoms with Gasteiger partial charge >= 0.3 is 0 Å². The number of fused-ring (bicyclic) bond motifs is 1. The van der Waals surface area contributed by atoms with Crippen molar-refractivity contribution >= 4 is 61.6 Å². The number of amides is 1. The van der Waals surface area contributed by atoms with Gasteiger partial charge in [-0.05, 0) is 55.3 Å². The normalized spacial score (nSPS) is 14.6. The zero-order valence-corrected chi connectivity index (χ0v) is 23.3. The first-order valence-corrected chi connectivity index (χ1v) is 14.6. The van der Waals surface area contributed by atoms with Crippen LogP contribution in [0, 0.1) is 0 Å². The maximum atomic E-state index is 13.5. The minimum atomic E-state index is -4.14. The van der Waals surface area contributed by atoms with E-state index in [9.17, 15) is 13.2 Å². The number of methoxy groups -OCH3 is 1. The van der Waals surface area contributed by atoms with Crippen molar-refractivity contribution in [1.29, 1.82) is 0 Å². The molecule has 0 bridgehead atoms. The lowest BCUT2D eigenvalue weighted by molar-refractivity contribution is -0.117. The first-order valence-electron chi connectivity index (χ1n) is 12.7. The Morgan fingerprint density at radius 1 is 1.00 bits per heavy atom. The number of sulfonamides is 1. The Labute approximate surface area is 237 Å². The number of rotatable bonds is 9. The van der Waals surface area contributed by atoms with Crippen LogP contribution in [0.4, 0.5) is 23.0 Å². The predicted molar refractivity (Wildman–Crippen MR) is 157 cm³/mol. The summed E-state index contributed by atoms with van der Waals surface area (Å²) in [4.78, 5) is 21.7. The molecule has 5 rings (SSSR count). The van der Waals surface area contributed by atoms with E-state index in [2.05, 4.69) is 25.3 Å². The Morgan fingerprint density at radius 3 is 2.40 bits per heavy atom. The number of nitrogens with two attached hydrogens (primary N) is 1. The minimum absolute atomic E-state index is 0.0293. The third kappa shape index (κ3) is 6.27. The number of nitrogens with zero attached hydrogens (tertiary/aromatic N) is 2. The molecule has 1 saturated carbocycles. The Bertz CT molecular complexity index is 1670. The van der Waals surface area contributed by atoms with Crippen LogP contribution in [0.2, 0.25) is 5.02 Å². The summed E-state index contributed by atoms with van der Waals surface area (Å²) >= 11 is 6.38. The van der Waals surface area contributed by atoms with E-state index in [-0.39, 0.29) is 28.9 Å². The van der Waals surface area contributed by atoms with Crippen molar-refractivity contribution in [3.8, 4) is 5.75 Å². The SMILES string of the molecule is COc1ccc(Cl)c(Nc2nc3ccccc3nc2NS(=O)(=O)c2cccc(NC(=O)CC3(N)CCCC3)c2)c1. The van der Waals surface area contributed by atoms with Crippen LogP contribution in [0.15, 0.2) is 71.6 Å². The predicted octanol–water partition coefficient (Wildman–Crippen LogP) is 5.44. The second-order valence-electron chi connectivity index (χ2n) is 9.81. The third-order valence-corrected chi connectivity index (χ3v) is 8.43. The number of carbonyl (C=O) groups excluding carboxylic acids is 1. The van der Waals surface area contributed by atoms with Crippen LogP contribution in [0.25, 0.3) is 11.0 Å². The standard InChI is InChI=1S/C28H29ClN6O4S/c1-39-19-11-12-21(29)24(16-19)34-26-27(33-23-10-3-2-9-22(23)32-26)35-40(37,38)20-8-6-7-18(15-20)31-25(36)17-28(30)13-4-5-14-28/h2-3,6-12,15-16H,4-5,13-14,17,30H2,1H3,(H,31,36)(H,32,34)(H,33,35). The molecule has 4 aromatic rings. The summed E-state index contributed by atoms with van der Waals surface area (Å²) in [5, 5.41) is 6.23. The fourth-order valence-electron chi connectivity index (χ4n) is 4.72. The summed E-state index contributed by atoms with van der Waals surface area (Å²) in [6.07, 6.45) is 3.77. The number of carbonyl (C=O) groups is 1. The summed E-state index contributed by atoms with van der Waals surface area (Å²) < 4.78 is 34.8. The van der Waals surface area contributed by atoms with E-state index < -0.39 is 15.6 Å². The molecule has 3 aromatic carbocycles. The smallest absolute Gasteiger partial charge is 0.263 e. The summed E-state index contributed by atoms with van der Waals surface area (Å²) in [5.41, 5.74) is 7.66. The number of aromatic nitrogens is 2. The van der Waals surface area contributed by atoms with Gasteiger partial charge in [-0.1, -0.05) is 42.6 Å². The highest BCUT2D eigenvalue weighted by atomic mass is 35.5. The summed E-state index contributed by atoms with van der Waals surface area (Å²) in [7, 11) is -2.61. The lowest BCUT2D eigenvalue weighted by Gasteiger charge is -2.22. The number of nitrogens with one attached hydrogen (secondary N) is 3. The van der Waals surface area contributed by atoms with E-state index in [1.165, 1.54) is 19.2 Å². The number of halogens is 1.